The number of amides is 1. The summed E-state index contributed by atoms with van der Waals surface area (Å²) in [6.45, 7) is 1.07. The predicted octanol–water partition coefficient (Wildman–Crippen LogP) is 3.40. The lowest BCUT2D eigenvalue weighted by molar-refractivity contribution is -0.604. The van der Waals surface area contributed by atoms with E-state index in [4.69, 9.17) is 11.6 Å². The van der Waals surface area contributed by atoms with Gasteiger partial charge in [0.15, 0.2) is 12.4 Å². The van der Waals surface area contributed by atoms with Gasteiger partial charge < -0.3 is 10.1 Å². The van der Waals surface area contributed by atoms with Crippen molar-refractivity contribution in [2.24, 2.45) is 0 Å². The smallest absolute Gasteiger partial charge is 0.253 e. The molecule has 2 heterocycles. The molecule has 1 aliphatic rings. The summed E-state index contributed by atoms with van der Waals surface area (Å²) < 4.78 is 27.4. The lowest BCUT2D eigenvalue weighted by Gasteiger charge is -2.33. The minimum absolute atomic E-state index is 0.151. The van der Waals surface area contributed by atoms with Gasteiger partial charge in [-0.2, -0.15) is 9.04 Å². The fourth-order valence-corrected chi connectivity index (χ4v) is 4.88. The Morgan fingerprint density at radius 2 is 1.61 bits per heavy atom. The van der Waals surface area contributed by atoms with Crippen LogP contribution >= 0.6 is 11.6 Å². The maximum Gasteiger partial charge on any atom is 0.253 e. The molecular weight excluding hydrogens is 462 g/mol. The normalized spacial score (nSPS) is 15.1. The molecule has 2 aromatic carbocycles. The van der Waals surface area contributed by atoms with Crippen molar-refractivity contribution in [3.8, 4) is 11.1 Å². The first-order chi connectivity index (χ1) is 15.8. The summed E-state index contributed by atoms with van der Waals surface area (Å²) in [6.07, 6.45) is 4.42. The van der Waals surface area contributed by atoms with Crippen molar-refractivity contribution >= 4 is 33.6 Å². The topological polar surface area (TPSA) is 84.6 Å². The molecule has 0 spiro atoms. The number of aromatic nitrogens is 1. The summed E-state index contributed by atoms with van der Waals surface area (Å²) in [5.74, 6) is -0.151. The van der Waals surface area contributed by atoms with Crippen molar-refractivity contribution in [1.82, 2.24) is 9.21 Å². The minimum Gasteiger partial charge on any atom is -0.619 e. The van der Waals surface area contributed by atoms with E-state index in [1.165, 1.54) is 28.2 Å². The molecular formula is C24H22ClN3O4S. The van der Waals surface area contributed by atoms with Gasteiger partial charge in [-0.3, -0.25) is 4.79 Å². The molecule has 9 heteroatoms. The summed E-state index contributed by atoms with van der Waals surface area (Å²) in [5.41, 5.74) is 2.85. The zero-order chi connectivity index (χ0) is 23.4. The van der Waals surface area contributed by atoms with E-state index < -0.39 is 10.0 Å². The quantitative estimate of drug-likeness (QED) is 0.411. The van der Waals surface area contributed by atoms with Gasteiger partial charge in [-0.25, -0.2) is 8.42 Å². The first-order valence-corrected chi connectivity index (χ1v) is 12.2. The first-order valence-electron chi connectivity index (χ1n) is 10.3. The van der Waals surface area contributed by atoms with Crippen molar-refractivity contribution in [2.75, 3.05) is 26.2 Å². The first kappa shape index (κ1) is 23.0. The Balaban J connectivity index is 1.37. The maximum atomic E-state index is 12.9. The molecule has 170 valence electrons. The Bertz CT molecular complexity index is 1270. The number of nitrogens with zero attached hydrogens (tertiary/aromatic N) is 3. The molecule has 0 unspecified atom stereocenters. The van der Waals surface area contributed by atoms with E-state index in [1.807, 2.05) is 6.07 Å². The molecule has 1 aliphatic heterocycles. The van der Waals surface area contributed by atoms with E-state index in [1.54, 1.807) is 59.5 Å². The predicted molar refractivity (Wildman–Crippen MR) is 128 cm³/mol. The fraction of sp³-hybridized carbons (Fsp3) is 0.167. The summed E-state index contributed by atoms with van der Waals surface area (Å²) in [7, 11) is -3.59. The van der Waals surface area contributed by atoms with Gasteiger partial charge >= 0.3 is 0 Å². The Morgan fingerprint density at radius 1 is 0.939 bits per heavy atom. The molecule has 1 saturated heterocycles. The summed E-state index contributed by atoms with van der Waals surface area (Å²) in [6, 6.07) is 17.4. The molecule has 0 N–H and O–H groups in total. The second kappa shape index (κ2) is 9.74. The van der Waals surface area contributed by atoms with Crippen LogP contribution in [0.2, 0.25) is 5.02 Å². The third kappa shape index (κ3) is 5.60. The van der Waals surface area contributed by atoms with E-state index in [9.17, 15) is 18.4 Å². The maximum absolute atomic E-state index is 12.9. The number of hydrogen-bond acceptors (Lipinski definition) is 4. The van der Waals surface area contributed by atoms with E-state index in [2.05, 4.69) is 0 Å². The highest BCUT2D eigenvalue weighted by Crippen LogP contribution is 2.20. The number of sulfonamides is 1. The molecule has 3 aromatic rings. The van der Waals surface area contributed by atoms with Crippen LogP contribution in [0.15, 0.2) is 78.5 Å². The van der Waals surface area contributed by atoms with E-state index in [0.29, 0.717) is 23.7 Å². The highest BCUT2D eigenvalue weighted by atomic mass is 35.5. The van der Waals surface area contributed by atoms with Crippen molar-refractivity contribution in [3.63, 3.8) is 0 Å². The zero-order valence-corrected chi connectivity index (χ0v) is 19.2. The summed E-state index contributed by atoms with van der Waals surface area (Å²) in [4.78, 5) is 14.5. The van der Waals surface area contributed by atoms with Gasteiger partial charge in [0, 0.05) is 53.8 Å². The monoisotopic (exact) mass is 483 g/mol. The van der Waals surface area contributed by atoms with Crippen LogP contribution < -0.4 is 4.73 Å². The third-order valence-corrected chi connectivity index (χ3v) is 7.25. The molecule has 4 rings (SSSR count). The molecule has 7 nitrogen and oxygen atoms in total. The molecule has 0 aliphatic carbocycles. The van der Waals surface area contributed by atoms with Gasteiger partial charge in [0.25, 0.3) is 5.91 Å². The Kier molecular flexibility index (Phi) is 6.78. The SMILES string of the molecule is O=C(c1ccc(-c2ccc[n+]([O-])c2)cc1)N1CCN(S(=O)(=O)C=Cc2ccc(Cl)cc2)CC1. The Labute approximate surface area is 197 Å². The van der Waals surface area contributed by atoms with Crippen LogP contribution in [-0.4, -0.2) is 49.7 Å². The highest BCUT2D eigenvalue weighted by Gasteiger charge is 2.27. The molecule has 0 atom stereocenters. The van der Waals surface area contributed by atoms with Crippen LogP contribution in [0.3, 0.4) is 0 Å². The Hall–Kier alpha value is -3.20. The number of hydrogen-bond donors (Lipinski definition) is 0. The molecule has 1 amide bonds. The van der Waals surface area contributed by atoms with Gasteiger partial charge in [-0.15, -0.1) is 0 Å². The number of pyridine rings is 1. The molecule has 1 fully saturated rings. The van der Waals surface area contributed by atoms with Crippen LogP contribution in [0, 0.1) is 5.21 Å². The number of benzene rings is 2. The lowest BCUT2D eigenvalue weighted by atomic mass is 10.1. The average Bonchev–Trinajstić information content (AvgIpc) is 2.83. The molecule has 0 radical (unpaired) electrons. The largest absolute Gasteiger partial charge is 0.619 e. The molecule has 0 saturated carbocycles. The van der Waals surface area contributed by atoms with Crippen LogP contribution in [0.5, 0.6) is 0 Å². The van der Waals surface area contributed by atoms with E-state index in [0.717, 1.165) is 21.4 Å². The number of carbonyl (C=O) groups excluding carboxylic acids is 1. The summed E-state index contributed by atoms with van der Waals surface area (Å²) >= 11 is 5.85. The minimum atomic E-state index is -3.59. The Morgan fingerprint density at radius 3 is 2.24 bits per heavy atom. The second-order valence-electron chi connectivity index (χ2n) is 7.62. The van der Waals surface area contributed by atoms with Crippen LogP contribution in [0.1, 0.15) is 15.9 Å². The van der Waals surface area contributed by atoms with Crippen molar-refractivity contribution in [2.45, 2.75) is 0 Å². The standard InChI is InChI=1S/C24H22ClN3O4S/c25-23-9-3-19(4-10-23)11-17-33(31,32)28-15-13-26(14-16-28)24(29)21-7-5-20(6-8-21)22-2-1-12-27(30)18-22/h1-12,17-18H,13-16H2. The van der Waals surface area contributed by atoms with Gasteiger partial charge in [0.05, 0.1) is 0 Å². The average molecular weight is 484 g/mol. The number of rotatable bonds is 5. The number of halogens is 1. The van der Waals surface area contributed by atoms with E-state index >= 15 is 0 Å². The van der Waals surface area contributed by atoms with E-state index in [-0.39, 0.29) is 19.0 Å². The summed E-state index contributed by atoms with van der Waals surface area (Å²) in [5, 5.41) is 13.2. The van der Waals surface area contributed by atoms with Crippen molar-refractivity contribution in [1.29, 1.82) is 0 Å². The molecule has 33 heavy (non-hydrogen) atoms. The number of piperazine rings is 1. The van der Waals surface area contributed by atoms with Crippen LogP contribution in [-0.2, 0) is 10.0 Å². The van der Waals surface area contributed by atoms with Crippen LogP contribution in [0.4, 0.5) is 0 Å². The van der Waals surface area contributed by atoms with Gasteiger partial charge in [0.2, 0.25) is 10.0 Å². The van der Waals surface area contributed by atoms with Crippen molar-refractivity contribution < 1.29 is 17.9 Å². The molecule has 1 aromatic heterocycles. The van der Waals surface area contributed by atoms with Gasteiger partial charge in [0.1, 0.15) is 0 Å². The highest BCUT2D eigenvalue weighted by molar-refractivity contribution is 7.92. The van der Waals surface area contributed by atoms with Gasteiger partial charge in [-0.05, 0) is 47.5 Å². The zero-order valence-electron chi connectivity index (χ0n) is 17.7. The van der Waals surface area contributed by atoms with Gasteiger partial charge in [-0.1, -0.05) is 35.9 Å². The molecule has 0 bridgehead atoms. The second-order valence-corrected chi connectivity index (χ2v) is 9.88. The number of carbonyl (C=O) groups is 1. The fourth-order valence-electron chi connectivity index (χ4n) is 3.58. The van der Waals surface area contributed by atoms with Crippen molar-refractivity contribution in [3.05, 3.63) is 99.8 Å². The lowest BCUT2D eigenvalue weighted by Crippen LogP contribution is -2.50. The van der Waals surface area contributed by atoms with Crippen LogP contribution in [0.25, 0.3) is 17.2 Å². The third-order valence-electron chi connectivity index (χ3n) is 5.43.